The lowest BCUT2D eigenvalue weighted by Crippen LogP contribution is -2.13. The van der Waals surface area contributed by atoms with Crippen LogP contribution in [-0.2, 0) is 9.47 Å². The average Bonchev–Trinajstić information content (AvgIpc) is 2.38. The van der Waals surface area contributed by atoms with E-state index < -0.39 is 0 Å². The maximum atomic E-state index is 10.5. The predicted molar refractivity (Wildman–Crippen MR) is 69.2 cm³/mol. The van der Waals surface area contributed by atoms with Gasteiger partial charge in [-0.05, 0) is 38.1 Å². The minimum absolute atomic E-state index is 0.237. The molecule has 0 aromatic heterocycles. The second-order valence-corrected chi connectivity index (χ2v) is 4.07. The lowest BCUT2D eigenvalue weighted by atomic mass is 10.2. The molecule has 0 unspecified atom stereocenters. The Kier molecular flexibility index (Phi) is 7.06. The Hall–Kier alpha value is -1.39. The summed E-state index contributed by atoms with van der Waals surface area (Å²) in [5, 5.41) is 0. The largest absolute Gasteiger partial charge is 0.491 e. The van der Waals surface area contributed by atoms with Crippen LogP contribution in [0.25, 0.3) is 0 Å². The van der Waals surface area contributed by atoms with Crippen LogP contribution in [0, 0.1) is 0 Å². The smallest absolute Gasteiger partial charge is 0.150 e. The highest BCUT2D eigenvalue weighted by atomic mass is 16.5. The van der Waals surface area contributed by atoms with Gasteiger partial charge in [0, 0.05) is 5.56 Å². The van der Waals surface area contributed by atoms with Crippen LogP contribution in [0.3, 0.4) is 0 Å². The first-order valence-corrected chi connectivity index (χ1v) is 6.09. The van der Waals surface area contributed by atoms with Crippen molar-refractivity contribution in [3.63, 3.8) is 0 Å². The predicted octanol–water partition coefficient (Wildman–Crippen LogP) is 2.32. The zero-order chi connectivity index (χ0) is 13.2. The molecule has 0 radical (unpaired) electrons. The van der Waals surface area contributed by atoms with E-state index in [1.807, 2.05) is 13.8 Å². The van der Waals surface area contributed by atoms with Gasteiger partial charge in [0.05, 0.1) is 25.9 Å². The molecule has 1 rings (SSSR count). The number of benzene rings is 1. The second-order valence-electron chi connectivity index (χ2n) is 4.07. The number of ether oxygens (including phenoxy) is 3. The SMILES string of the molecule is CC(C)OCCOCCOc1ccc(C=O)cc1. The molecule has 0 N–H and O–H groups in total. The Labute approximate surface area is 108 Å². The van der Waals surface area contributed by atoms with Crippen molar-refractivity contribution in [2.45, 2.75) is 20.0 Å². The van der Waals surface area contributed by atoms with Gasteiger partial charge in [-0.3, -0.25) is 4.79 Å². The first-order valence-electron chi connectivity index (χ1n) is 6.09. The Morgan fingerprint density at radius 2 is 1.72 bits per heavy atom. The van der Waals surface area contributed by atoms with Crippen LogP contribution in [0.5, 0.6) is 5.75 Å². The maximum absolute atomic E-state index is 10.5. The highest BCUT2D eigenvalue weighted by Gasteiger charge is 1.96. The van der Waals surface area contributed by atoms with Gasteiger partial charge in [0.25, 0.3) is 0 Å². The first-order chi connectivity index (χ1) is 8.72. The van der Waals surface area contributed by atoms with Crippen molar-refractivity contribution in [1.82, 2.24) is 0 Å². The molecule has 0 bridgehead atoms. The van der Waals surface area contributed by atoms with Crippen LogP contribution in [-0.4, -0.2) is 38.8 Å². The van der Waals surface area contributed by atoms with Crippen LogP contribution < -0.4 is 4.74 Å². The molecule has 0 aliphatic rings. The zero-order valence-electron chi connectivity index (χ0n) is 10.9. The molecule has 0 fully saturated rings. The summed E-state index contributed by atoms with van der Waals surface area (Å²) in [6, 6.07) is 6.98. The Bertz CT molecular complexity index is 332. The Balaban J connectivity index is 2.05. The Morgan fingerprint density at radius 1 is 1.06 bits per heavy atom. The zero-order valence-corrected chi connectivity index (χ0v) is 10.9. The molecule has 0 heterocycles. The second kappa shape index (κ2) is 8.66. The molecule has 0 amide bonds. The first kappa shape index (κ1) is 14.7. The molecule has 100 valence electrons. The van der Waals surface area contributed by atoms with Crippen LogP contribution in [0.15, 0.2) is 24.3 Å². The number of rotatable bonds is 9. The van der Waals surface area contributed by atoms with E-state index in [4.69, 9.17) is 14.2 Å². The third-order valence-electron chi connectivity index (χ3n) is 2.19. The number of aldehydes is 1. The monoisotopic (exact) mass is 252 g/mol. The van der Waals surface area contributed by atoms with Crippen molar-refractivity contribution in [2.24, 2.45) is 0 Å². The van der Waals surface area contributed by atoms with Gasteiger partial charge in [0.15, 0.2) is 0 Å². The minimum atomic E-state index is 0.237. The normalized spacial score (nSPS) is 10.6. The van der Waals surface area contributed by atoms with Crippen molar-refractivity contribution >= 4 is 6.29 Å². The third-order valence-corrected chi connectivity index (χ3v) is 2.19. The fourth-order valence-corrected chi connectivity index (χ4v) is 1.31. The molecule has 0 aliphatic carbocycles. The molecule has 0 atom stereocenters. The lowest BCUT2D eigenvalue weighted by molar-refractivity contribution is 0.0124. The van der Waals surface area contributed by atoms with Crippen molar-refractivity contribution < 1.29 is 19.0 Å². The average molecular weight is 252 g/mol. The molecule has 0 saturated carbocycles. The van der Waals surface area contributed by atoms with E-state index >= 15 is 0 Å². The quantitative estimate of drug-likeness (QED) is 0.500. The fraction of sp³-hybridized carbons (Fsp3) is 0.500. The van der Waals surface area contributed by atoms with Crippen LogP contribution in [0.4, 0.5) is 0 Å². The molecule has 4 heteroatoms. The summed E-state index contributed by atoms with van der Waals surface area (Å²) in [5.74, 6) is 0.739. The van der Waals surface area contributed by atoms with Gasteiger partial charge in [-0.25, -0.2) is 0 Å². The van der Waals surface area contributed by atoms with E-state index in [0.29, 0.717) is 32.0 Å². The number of hydrogen-bond donors (Lipinski definition) is 0. The number of carbonyl (C=O) groups excluding carboxylic acids is 1. The fourth-order valence-electron chi connectivity index (χ4n) is 1.31. The topological polar surface area (TPSA) is 44.8 Å². The molecule has 0 spiro atoms. The molecule has 1 aromatic carbocycles. The summed E-state index contributed by atoms with van der Waals surface area (Å²) in [6.07, 6.45) is 1.04. The van der Waals surface area contributed by atoms with Crippen LogP contribution in [0.1, 0.15) is 24.2 Å². The van der Waals surface area contributed by atoms with E-state index in [2.05, 4.69) is 0 Å². The minimum Gasteiger partial charge on any atom is -0.491 e. The maximum Gasteiger partial charge on any atom is 0.150 e. The van der Waals surface area contributed by atoms with Crippen molar-refractivity contribution in [1.29, 1.82) is 0 Å². The highest BCUT2D eigenvalue weighted by molar-refractivity contribution is 5.74. The molecule has 4 nitrogen and oxygen atoms in total. The number of hydrogen-bond acceptors (Lipinski definition) is 4. The van der Waals surface area contributed by atoms with E-state index in [0.717, 1.165) is 12.0 Å². The summed E-state index contributed by atoms with van der Waals surface area (Å²) in [4.78, 5) is 10.5. The van der Waals surface area contributed by atoms with Gasteiger partial charge >= 0.3 is 0 Å². The lowest BCUT2D eigenvalue weighted by Gasteiger charge is -2.09. The van der Waals surface area contributed by atoms with E-state index in [1.54, 1.807) is 24.3 Å². The molecular weight excluding hydrogens is 232 g/mol. The van der Waals surface area contributed by atoms with E-state index in [1.165, 1.54) is 0 Å². The van der Waals surface area contributed by atoms with Crippen molar-refractivity contribution in [3.8, 4) is 5.75 Å². The molecule has 1 aromatic rings. The summed E-state index contributed by atoms with van der Waals surface area (Å²) < 4.78 is 16.1. The molecular formula is C14H20O4. The van der Waals surface area contributed by atoms with Crippen molar-refractivity contribution in [3.05, 3.63) is 29.8 Å². The van der Waals surface area contributed by atoms with Crippen molar-refractivity contribution in [2.75, 3.05) is 26.4 Å². The summed E-state index contributed by atoms with van der Waals surface area (Å²) in [5.41, 5.74) is 0.643. The van der Waals surface area contributed by atoms with Gasteiger partial charge < -0.3 is 14.2 Å². The molecule has 0 saturated heterocycles. The van der Waals surface area contributed by atoms with Gasteiger partial charge in [0.1, 0.15) is 18.6 Å². The van der Waals surface area contributed by atoms with E-state index in [-0.39, 0.29) is 6.10 Å². The van der Waals surface area contributed by atoms with Crippen LogP contribution in [0.2, 0.25) is 0 Å². The summed E-state index contributed by atoms with van der Waals surface area (Å²) in [7, 11) is 0. The molecule has 0 aliphatic heterocycles. The summed E-state index contributed by atoms with van der Waals surface area (Å²) in [6.45, 7) is 6.18. The van der Waals surface area contributed by atoms with Gasteiger partial charge in [-0.1, -0.05) is 0 Å². The van der Waals surface area contributed by atoms with Gasteiger partial charge in [-0.2, -0.15) is 0 Å². The third kappa shape index (κ3) is 6.37. The highest BCUT2D eigenvalue weighted by Crippen LogP contribution is 2.10. The van der Waals surface area contributed by atoms with Crippen LogP contribution >= 0.6 is 0 Å². The number of carbonyl (C=O) groups is 1. The molecule has 18 heavy (non-hydrogen) atoms. The summed E-state index contributed by atoms with van der Waals surface area (Å²) >= 11 is 0. The Morgan fingerprint density at radius 3 is 2.33 bits per heavy atom. The van der Waals surface area contributed by atoms with Gasteiger partial charge in [0.2, 0.25) is 0 Å². The van der Waals surface area contributed by atoms with Gasteiger partial charge in [-0.15, -0.1) is 0 Å². The van der Waals surface area contributed by atoms with E-state index in [9.17, 15) is 4.79 Å². The standard InChI is InChI=1S/C14H20O4/c1-12(2)17-9-7-16-8-10-18-14-5-3-13(11-15)4-6-14/h3-6,11-12H,7-10H2,1-2H3.